The number of hydrogen-bond donors (Lipinski definition) is 1. The molecule has 0 amide bonds. The number of nitrogens with one attached hydrogen (secondary N) is 1. The normalized spacial score (nSPS) is 15.7. The zero-order chi connectivity index (χ0) is 15.5. The average molecular weight is 309 g/mol. The van der Waals surface area contributed by atoms with Gasteiger partial charge >= 0.3 is 0 Å². The van der Waals surface area contributed by atoms with Gasteiger partial charge in [-0.15, -0.1) is 0 Å². The standard InChI is InChI=1S/C16H23NO3S/c1-12-13(2)16(10-9-15(12)20-3)21(18,19)17-11-14-7-5-4-6-8-14/h7,9-10,17H,4-6,8,11H2,1-3H3. The molecule has 0 radical (unpaired) electrons. The van der Waals surface area contributed by atoms with Crippen LogP contribution in [0, 0.1) is 13.8 Å². The maximum atomic E-state index is 12.5. The Hall–Kier alpha value is -1.33. The van der Waals surface area contributed by atoms with Gasteiger partial charge < -0.3 is 4.74 Å². The zero-order valence-electron chi connectivity index (χ0n) is 12.9. The van der Waals surface area contributed by atoms with Crippen LogP contribution in [0.15, 0.2) is 28.7 Å². The van der Waals surface area contributed by atoms with Gasteiger partial charge in [-0.25, -0.2) is 13.1 Å². The molecule has 0 bridgehead atoms. The number of rotatable bonds is 5. The van der Waals surface area contributed by atoms with E-state index in [9.17, 15) is 8.42 Å². The summed E-state index contributed by atoms with van der Waals surface area (Å²) in [4.78, 5) is 0.331. The van der Waals surface area contributed by atoms with Gasteiger partial charge in [0.2, 0.25) is 10.0 Å². The van der Waals surface area contributed by atoms with Crippen molar-refractivity contribution in [3.63, 3.8) is 0 Å². The minimum absolute atomic E-state index is 0.331. The molecule has 2 rings (SSSR count). The lowest BCUT2D eigenvalue weighted by Crippen LogP contribution is -2.27. The molecule has 1 aliphatic carbocycles. The van der Waals surface area contributed by atoms with Crippen molar-refractivity contribution in [3.8, 4) is 5.75 Å². The summed E-state index contributed by atoms with van der Waals surface area (Å²) in [7, 11) is -1.90. The van der Waals surface area contributed by atoms with Crippen molar-refractivity contribution >= 4 is 10.0 Å². The van der Waals surface area contributed by atoms with Gasteiger partial charge in [0.25, 0.3) is 0 Å². The molecule has 0 atom stereocenters. The lowest BCUT2D eigenvalue weighted by Gasteiger charge is -2.16. The van der Waals surface area contributed by atoms with Gasteiger partial charge in [-0.05, 0) is 62.8 Å². The Balaban J connectivity index is 2.19. The molecule has 5 heteroatoms. The molecule has 1 aliphatic rings. The minimum atomic E-state index is -3.48. The predicted molar refractivity (Wildman–Crippen MR) is 84.2 cm³/mol. The lowest BCUT2D eigenvalue weighted by atomic mass is 10.0. The molecule has 0 spiro atoms. The molecule has 116 valence electrons. The molecule has 0 saturated heterocycles. The number of sulfonamides is 1. The zero-order valence-corrected chi connectivity index (χ0v) is 13.7. The number of hydrogen-bond acceptors (Lipinski definition) is 3. The van der Waals surface area contributed by atoms with E-state index < -0.39 is 10.0 Å². The summed E-state index contributed by atoms with van der Waals surface area (Å²) in [6, 6.07) is 3.32. The lowest BCUT2D eigenvalue weighted by molar-refractivity contribution is 0.410. The van der Waals surface area contributed by atoms with Crippen LogP contribution in [-0.4, -0.2) is 22.1 Å². The van der Waals surface area contributed by atoms with E-state index in [2.05, 4.69) is 10.8 Å². The fourth-order valence-electron chi connectivity index (χ4n) is 2.61. The Kier molecular flexibility index (Phi) is 5.06. The Morgan fingerprint density at radius 3 is 2.57 bits per heavy atom. The van der Waals surface area contributed by atoms with Crippen molar-refractivity contribution in [1.82, 2.24) is 4.72 Å². The van der Waals surface area contributed by atoms with Crippen LogP contribution in [0.4, 0.5) is 0 Å². The molecule has 0 saturated carbocycles. The van der Waals surface area contributed by atoms with Gasteiger partial charge in [0.05, 0.1) is 12.0 Å². The quantitative estimate of drug-likeness (QED) is 0.850. The Morgan fingerprint density at radius 2 is 1.95 bits per heavy atom. The highest BCUT2D eigenvalue weighted by molar-refractivity contribution is 7.89. The summed E-state index contributed by atoms with van der Waals surface area (Å²) in [6.07, 6.45) is 6.54. The van der Waals surface area contributed by atoms with Gasteiger partial charge in [0.15, 0.2) is 0 Å². The van der Waals surface area contributed by atoms with E-state index in [4.69, 9.17) is 4.74 Å². The predicted octanol–water partition coefficient (Wildman–Crippen LogP) is 3.09. The average Bonchev–Trinajstić information content (AvgIpc) is 2.49. The third-order valence-electron chi connectivity index (χ3n) is 4.07. The van der Waals surface area contributed by atoms with Crippen LogP contribution in [0.2, 0.25) is 0 Å². The summed E-state index contributed by atoms with van der Waals surface area (Å²) in [6.45, 7) is 4.09. The van der Waals surface area contributed by atoms with Crippen LogP contribution < -0.4 is 9.46 Å². The van der Waals surface area contributed by atoms with Crippen LogP contribution in [0.25, 0.3) is 0 Å². The van der Waals surface area contributed by atoms with Gasteiger partial charge in [-0.2, -0.15) is 0 Å². The van der Waals surface area contributed by atoms with Gasteiger partial charge in [0.1, 0.15) is 5.75 Å². The van der Waals surface area contributed by atoms with E-state index >= 15 is 0 Å². The minimum Gasteiger partial charge on any atom is -0.496 e. The number of ether oxygens (including phenoxy) is 1. The molecule has 21 heavy (non-hydrogen) atoms. The topological polar surface area (TPSA) is 55.4 Å². The van der Waals surface area contributed by atoms with Crippen molar-refractivity contribution in [2.45, 2.75) is 44.4 Å². The first-order valence-corrected chi connectivity index (χ1v) is 8.76. The van der Waals surface area contributed by atoms with E-state index in [-0.39, 0.29) is 0 Å². The third kappa shape index (κ3) is 3.66. The van der Waals surface area contributed by atoms with Crippen LogP contribution in [-0.2, 0) is 10.0 Å². The summed E-state index contributed by atoms with van der Waals surface area (Å²) < 4.78 is 32.9. The maximum Gasteiger partial charge on any atom is 0.241 e. The van der Waals surface area contributed by atoms with Gasteiger partial charge in [0, 0.05) is 6.54 Å². The molecule has 0 heterocycles. The summed E-state index contributed by atoms with van der Waals surface area (Å²) in [5.41, 5.74) is 2.78. The molecule has 4 nitrogen and oxygen atoms in total. The maximum absolute atomic E-state index is 12.5. The van der Waals surface area contributed by atoms with E-state index in [0.29, 0.717) is 17.2 Å². The largest absolute Gasteiger partial charge is 0.496 e. The second-order valence-corrected chi connectivity index (χ2v) is 7.18. The van der Waals surface area contributed by atoms with E-state index in [1.54, 1.807) is 19.2 Å². The Bertz CT molecular complexity index is 648. The molecular weight excluding hydrogens is 286 g/mol. The number of allylic oxidation sites excluding steroid dienone is 1. The molecule has 0 unspecified atom stereocenters. The summed E-state index contributed by atoms with van der Waals surface area (Å²) in [5, 5.41) is 0. The van der Waals surface area contributed by atoms with Crippen molar-refractivity contribution < 1.29 is 13.2 Å². The molecule has 0 aliphatic heterocycles. The van der Waals surface area contributed by atoms with Crippen LogP contribution in [0.3, 0.4) is 0 Å². The molecule has 0 aromatic heterocycles. The van der Waals surface area contributed by atoms with Crippen molar-refractivity contribution in [3.05, 3.63) is 34.9 Å². The molecule has 1 aromatic rings. The summed E-state index contributed by atoms with van der Waals surface area (Å²) in [5.74, 6) is 0.710. The number of benzene rings is 1. The highest BCUT2D eigenvalue weighted by Crippen LogP contribution is 2.27. The first-order valence-electron chi connectivity index (χ1n) is 7.27. The van der Waals surface area contributed by atoms with Crippen molar-refractivity contribution in [2.75, 3.05) is 13.7 Å². The van der Waals surface area contributed by atoms with Gasteiger partial charge in [-0.1, -0.05) is 11.6 Å². The van der Waals surface area contributed by atoms with Crippen LogP contribution in [0.5, 0.6) is 5.75 Å². The van der Waals surface area contributed by atoms with Gasteiger partial charge in [-0.3, -0.25) is 0 Å². The van der Waals surface area contributed by atoms with Crippen molar-refractivity contribution in [1.29, 1.82) is 0 Å². The highest BCUT2D eigenvalue weighted by Gasteiger charge is 2.19. The Morgan fingerprint density at radius 1 is 1.19 bits per heavy atom. The fraction of sp³-hybridized carbons (Fsp3) is 0.500. The smallest absolute Gasteiger partial charge is 0.241 e. The second kappa shape index (κ2) is 6.62. The summed E-state index contributed by atoms with van der Waals surface area (Å²) >= 11 is 0. The van der Waals surface area contributed by atoms with E-state index in [1.807, 2.05) is 13.8 Å². The molecule has 1 aromatic carbocycles. The van der Waals surface area contributed by atoms with Crippen LogP contribution in [0.1, 0.15) is 36.8 Å². The van der Waals surface area contributed by atoms with E-state index in [0.717, 1.165) is 30.4 Å². The van der Waals surface area contributed by atoms with E-state index in [1.165, 1.54) is 12.0 Å². The van der Waals surface area contributed by atoms with Crippen molar-refractivity contribution in [2.24, 2.45) is 0 Å². The first kappa shape index (κ1) is 16.0. The first-order chi connectivity index (χ1) is 9.95. The molecule has 0 fully saturated rings. The van der Waals surface area contributed by atoms with Crippen LogP contribution >= 0.6 is 0 Å². The second-order valence-electron chi connectivity index (χ2n) is 5.45. The molecule has 1 N–H and O–H groups in total. The molecular formula is C16H23NO3S. The third-order valence-corrected chi connectivity index (χ3v) is 5.62. The highest BCUT2D eigenvalue weighted by atomic mass is 32.2. The number of methoxy groups -OCH3 is 1. The Labute approximate surface area is 127 Å². The SMILES string of the molecule is COc1ccc(S(=O)(=O)NCC2=CCCCC2)c(C)c1C. The fourth-order valence-corrected chi connectivity index (χ4v) is 3.95. The monoisotopic (exact) mass is 309 g/mol.